The highest BCUT2D eigenvalue weighted by molar-refractivity contribution is 9.10. The third-order valence-electron chi connectivity index (χ3n) is 4.22. The number of aromatic nitrogens is 1. The van der Waals surface area contributed by atoms with E-state index >= 15 is 0 Å². The largest absolute Gasteiger partial charge is 0.301 e. The van der Waals surface area contributed by atoms with Gasteiger partial charge in [-0.1, -0.05) is 30.3 Å². The van der Waals surface area contributed by atoms with Gasteiger partial charge >= 0.3 is 0 Å². The molecule has 138 valence electrons. The van der Waals surface area contributed by atoms with Crippen molar-refractivity contribution in [3.63, 3.8) is 0 Å². The van der Waals surface area contributed by atoms with Gasteiger partial charge in [0.25, 0.3) is 5.56 Å². The molecule has 0 atom stereocenters. The van der Waals surface area contributed by atoms with Gasteiger partial charge in [0.05, 0.1) is 6.67 Å². The highest BCUT2D eigenvalue weighted by atomic mass is 79.9. The van der Waals surface area contributed by atoms with Crippen LogP contribution in [0.3, 0.4) is 0 Å². The van der Waals surface area contributed by atoms with Crippen LogP contribution in [0.4, 0.5) is 0 Å². The molecule has 0 N–H and O–H groups in total. The van der Waals surface area contributed by atoms with Crippen LogP contribution in [0.15, 0.2) is 63.3 Å². The maximum Gasteiger partial charge on any atom is 0.251 e. The summed E-state index contributed by atoms with van der Waals surface area (Å²) in [5, 5.41) is 1.26. The van der Waals surface area contributed by atoms with Crippen LogP contribution in [0.25, 0.3) is 6.08 Å². The van der Waals surface area contributed by atoms with Crippen LogP contribution in [0, 0.1) is 0 Å². The van der Waals surface area contributed by atoms with E-state index in [2.05, 4.69) is 20.8 Å². The molecule has 1 fully saturated rings. The van der Waals surface area contributed by atoms with Crippen LogP contribution in [-0.2, 0) is 16.7 Å². The highest BCUT2D eigenvalue weighted by Gasteiger charge is 2.25. The van der Waals surface area contributed by atoms with Gasteiger partial charge in [0.15, 0.2) is 0 Å². The number of rotatable bonds is 5. The van der Waals surface area contributed by atoms with Gasteiger partial charge in [-0.05, 0) is 33.6 Å². The summed E-state index contributed by atoms with van der Waals surface area (Å²) >= 11 is 3.36. The lowest BCUT2D eigenvalue weighted by Gasteiger charge is -2.33. The molecular formula is C18H20BrN3O3S. The van der Waals surface area contributed by atoms with Crippen LogP contribution >= 0.6 is 15.9 Å². The van der Waals surface area contributed by atoms with E-state index in [-0.39, 0.29) is 5.56 Å². The molecule has 1 aliphatic heterocycles. The Morgan fingerprint density at radius 2 is 1.69 bits per heavy atom. The summed E-state index contributed by atoms with van der Waals surface area (Å²) in [6, 6.07) is 12.6. The molecule has 26 heavy (non-hydrogen) atoms. The summed E-state index contributed by atoms with van der Waals surface area (Å²) in [5.41, 5.74) is 0.776. The third-order valence-corrected chi connectivity index (χ3v) is 6.26. The molecule has 2 heterocycles. The smallest absolute Gasteiger partial charge is 0.251 e. The number of pyridine rings is 1. The first-order valence-electron chi connectivity index (χ1n) is 8.26. The van der Waals surface area contributed by atoms with Crippen molar-refractivity contribution in [1.82, 2.24) is 13.8 Å². The average molecular weight is 438 g/mol. The van der Waals surface area contributed by atoms with E-state index in [9.17, 15) is 13.2 Å². The zero-order valence-corrected chi connectivity index (χ0v) is 16.6. The molecule has 1 aromatic carbocycles. The van der Waals surface area contributed by atoms with Gasteiger partial charge in [0.2, 0.25) is 10.0 Å². The molecule has 3 rings (SSSR count). The van der Waals surface area contributed by atoms with Crippen molar-refractivity contribution in [3.8, 4) is 0 Å². The fraction of sp³-hybridized carbons (Fsp3) is 0.278. The van der Waals surface area contributed by atoms with Gasteiger partial charge < -0.3 is 4.57 Å². The minimum Gasteiger partial charge on any atom is -0.301 e. The standard InChI is InChI=1S/C18H20BrN3O3S/c19-17-6-7-18(23)21(14-17)15-20-9-11-22(12-10-20)26(24,25)13-8-16-4-2-1-3-5-16/h1-8,13-14H,9-12,15H2. The predicted octanol–water partition coefficient (Wildman–Crippen LogP) is 2.19. The van der Waals surface area contributed by atoms with Crippen LogP contribution in [0.5, 0.6) is 0 Å². The molecule has 1 aromatic heterocycles. The lowest BCUT2D eigenvalue weighted by molar-refractivity contribution is 0.151. The van der Waals surface area contributed by atoms with Crippen molar-refractivity contribution in [3.05, 3.63) is 74.5 Å². The Balaban J connectivity index is 1.60. The molecule has 0 aliphatic carbocycles. The number of halogens is 1. The molecule has 1 saturated heterocycles. The Hall–Kier alpha value is -1.74. The summed E-state index contributed by atoms with van der Waals surface area (Å²) < 4.78 is 28.9. The van der Waals surface area contributed by atoms with Gasteiger partial charge in [-0.3, -0.25) is 9.69 Å². The number of piperazine rings is 1. The number of hydrogen-bond donors (Lipinski definition) is 0. The van der Waals surface area contributed by atoms with E-state index in [0.717, 1.165) is 10.0 Å². The molecule has 0 radical (unpaired) electrons. The molecule has 0 spiro atoms. The third kappa shape index (κ3) is 4.91. The van der Waals surface area contributed by atoms with Crippen molar-refractivity contribution in [1.29, 1.82) is 0 Å². The van der Waals surface area contributed by atoms with Crippen molar-refractivity contribution in [2.75, 3.05) is 26.2 Å². The Kier molecular flexibility index (Phi) is 6.08. The van der Waals surface area contributed by atoms with Gasteiger partial charge in [0.1, 0.15) is 0 Å². The number of nitrogens with zero attached hydrogens (tertiary/aromatic N) is 3. The van der Waals surface area contributed by atoms with Crippen LogP contribution in [0.1, 0.15) is 5.56 Å². The Labute approximate surface area is 161 Å². The first-order chi connectivity index (χ1) is 12.4. The second-order valence-corrected chi connectivity index (χ2v) is 8.81. The number of sulfonamides is 1. The molecule has 0 bridgehead atoms. The molecular weight excluding hydrogens is 418 g/mol. The lowest BCUT2D eigenvalue weighted by atomic mass is 10.2. The van der Waals surface area contributed by atoms with E-state index in [1.807, 2.05) is 30.3 Å². The van der Waals surface area contributed by atoms with Crippen LogP contribution < -0.4 is 5.56 Å². The molecule has 0 saturated carbocycles. The molecule has 0 amide bonds. The van der Waals surface area contributed by atoms with Crippen molar-refractivity contribution >= 4 is 32.0 Å². The van der Waals surface area contributed by atoms with Gasteiger partial charge in [-0.15, -0.1) is 0 Å². The molecule has 2 aromatic rings. The van der Waals surface area contributed by atoms with Crippen molar-refractivity contribution < 1.29 is 8.42 Å². The Morgan fingerprint density at radius 1 is 1.00 bits per heavy atom. The first kappa shape index (κ1) is 19.0. The van der Waals surface area contributed by atoms with Gasteiger partial charge in [-0.2, -0.15) is 4.31 Å². The summed E-state index contributed by atoms with van der Waals surface area (Å²) in [6.07, 6.45) is 3.36. The average Bonchev–Trinajstić information content (AvgIpc) is 2.64. The van der Waals surface area contributed by atoms with Gasteiger partial charge in [-0.25, -0.2) is 8.42 Å². The second-order valence-electron chi connectivity index (χ2n) is 6.07. The topological polar surface area (TPSA) is 62.6 Å². The van der Waals surface area contributed by atoms with E-state index in [1.165, 1.54) is 15.8 Å². The summed E-state index contributed by atoms with van der Waals surface area (Å²) in [7, 11) is -3.44. The van der Waals surface area contributed by atoms with Crippen molar-refractivity contribution in [2.24, 2.45) is 0 Å². The van der Waals surface area contributed by atoms with E-state index in [0.29, 0.717) is 32.8 Å². The fourth-order valence-corrected chi connectivity index (χ4v) is 4.32. The van der Waals surface area contributed by atoms with Crippen LogP contribution in [0.2, 0.25) is 0 Å². The van der Waals surface area contributed by atoms with E-state index in [1.54, 1.807) is 22.9 Å². The predicted molar refractivity (Wildman–Crippen MR) is 106 cm³/mol. The molecule has 0 unspecified atom stereocenters. The monoisotopic (exact) mass is 437 g/mol. The zero-order valence-electron chi connectivity index (χ0n) is 14.2. The van der Waals surface area contributed by atoms with Crippen molar-refractivity contribution in [2.45, 2.75) is 6.67 Å². The normalized spacial score (nSPS) is 17.0. The lowest BCUT2D eigenvalue weighted by Crippen LogP contribution is -2.49. The van der Waals surface area contributed by atoms with Gasteiger partial charge in [0, 0.05) is 48.3 Å². The number of benzene rings is 1. The minimum absolute atomic E-state index is 0.0750. The molecule has 6 nitrogen and oxygen atoms in total. The first-order valence-corrected chi connectivity index (χ1v) is 10.6. The summed E-state index contributed by atoms with van der Waals surface area (Å²) in [4.78, 5) is 14.0. The van der Waals surface area contributed by atoms with E-state index in [4.69, 9.17) is 0 Å². The number of hydrogen-bond acceptors (Lipinski definition) is 4. The second kappa shape index (κ2) is 8.30. The Bertz CT molecular complexity index is 934. The zero-order chi connectivity index (χ0) is 18.6. The van der Waals surface area contributed by atoms with Crippen LogP contribution in [-0.4, -0.2) is 48.4 Å². The quantitative estimate of drug-likeness (QED) is 0.718. The van der Waals surface area contributed by atoms with E-state index < -0.39 is 10.0 Å². The summed E-state index contributed by atoms with van der Waals surface area (Å²) in [5.74, 6) is 0. The molecule has 8 heteroatoms. The maximum absolute atomic E-state index is 12.5. The minimum atomic E-state index is -3.44. The SMILES string of the molecule is O=c1ccc(Br)cn1CN1CCN(S(=O)(=O)C=Cc2ccccc2)CC1. The Morgan fingerprint density at radius 3 is 2.38 bits per heavy atom. The maximum atomic E-state index is 12.5. The molecule has 1 aliphatic rings. The highest BCUT2D eigenvalue weighted by Crippen LogP contribution is 2.12. The fourth-order valence-electron chi connectivity index (χ4n) is 2.77. The summed E-state index contributed by atoms with van der Waals surface area (Å²) in [6.45, 7) is 2.43.